The van der Waals surface area contributed by atoms with Gasteiger partial charge in [0.25, 0.3) is 0 Å². The van der Waals surface area contributed by atoms with E-state index < -0.39 is 0 Å². The molecule has 0 radical (unpaired) electrons. The van der Waals surface area contributed by atoms with E-state index in [-0.39, 0.29) is 5.82 Å². The SMILES string of the molecule is CC1CN(Cc2nnc(-c3ccc(F)cc3)o2)CC(C)N1. The van der Waals surface area contributed by atoms with Crippen molar-refractivity contribution < 1.29 is 8.81 Å². The molecule has 0 amide bonds. The van der Waals surface area contributed by atoms with Crippen LogP contribution in [0.25, 0.3) is 11.5 Å². The number of hydrogen-bond acceptors (Lipinski definition) is 5. The van der Waals surface area contributed by atoms with Gasteiger partial charge in [0, 0.05) is 30.7 Å². The summed E-state index contributed by atoms with van der Waals surface area (Å²) in [6.45, 7) is 6.89. The number of nitrogens with zero attached hydrogens (tertiary/aromatic N) is 3. The first kappa shape index (κ1) is 14.2. The lowest BCUT2D eigenvalue weighted by Crippen LogP contribution is -2.53. The van der Waals surface area contributed by atoms with E-state index in [2.05, 4.69) is 34.3 Å². The zero-order valence-electron chi connectivity index (χ0n) is 12.2. The Balaban J connectivity index is 1.69. The second-order valence-electron chi connectivity index (χ2n) is 5.67. The molecule has 0 saturated carbocycles. The number of halogens is 1. The predicted octanol–water partition coefficient (Wildman–Crippen LogP) is 2.06. The lowest BCUT2D eigenvalue weighted by Gasteiger charge is -2.35. The molecular formula is C15H19FN4O. The number of hydrogen-bond donors (Lipinski definition) is 1. The molecule has 1 aliphatic rings. The Hall–Kier alpha value is -1.79. The number of rotatable bonds is 3. The van der Waals surface area contributed by atoms with Gasteiger partial charge in [0.1, 0.15) is 5.82 Å². The fourth-order valence-electron chi connectivity index (χ4n) is 2.79. The average Bonchev–Trinajstić information content (AvgIpc) is 2.87. The molecule has 0 spiro atoms. The van der Waals surface area contributed by atoms with Crippen molar-refractivity contribution in [3.63, 3.8) is 0 Å². The number of piperazine rings is 1. The molecular weight excluding hydrogens is 271 g/mol. The standard InChI is InChI=1S/C15H19FN4O/c1-10-7-20(8-11(2)17-10)9-14-18-19-15(21-14)12-3-5-13(16)6-4-12/h3-6,10-11,17H,7-9H2,1-2H3. The van der Waals surface area contributed by atoms with Gasteiger partial charge in [-0.1, -0.05) is 0 Å². The molecule has 1 saturated heterocycles. The van der Waals surface area contributed by atoms with Gasteiger partial charge in [-0.25, -0.2) is 4.39 Å². The van der Waals surface area contributed by atoms with Crippen molar-refractivity contribution in [3.8, 4) is 11.5 Å². The minimum atomic E-state index is -0.276. The van der Waals surface area contributed by atoms with Gasteiger partial charge >= 0.3 is 0 Å². The van der Waals surface area contributed by atoms with Crippen LogP contribution in [-0.2, 0) is 6.54 Å². The summed E-state index contributed by atoms with van der Waals surface area (Å²) in [5.74, 6) is 0.749. The predicted molar refractivity (Wildman–Crippen MR) is 77.0 cm³/mol. The van der Waals surface area contributed by atoms with Crippen molar-refractivity contribution in [2.24, 2.45) is 0 Å². The topological polar surface area (TPSA) is 54.2 Å². The van der Waals surface area contributed by atoms with Crippen molar-refractivity contribution in [2.75, 3.05) is 13.1 Å². The minimum absolute atomic E-state index is 0.276. The monoisotopic (exact) mass is 290 g/mol. The summed E-state index contributed by atoms with van der Waals surface area (Å²) in [5.41, 5.74) is 0.734. The van der Waals surface area contributed by atoms with Gasteiger partial charge in [-0.05, 0) is 38.1 Å². The summed E-state index contributed by atoms with van der Waals surface area (Å²) < 4.78 is 18.6. The van der Waals surface area contributed by atoms with Crippen LogP contribution in [0.5, 0.6) is 0 Å². The third kappa shape index (κ3) is 3.46. The molecule has 21 heavy (non-hydrogen) atoms. The first-order chi connectivity index (χ1) is 10.1. The van der Waals surface area contributed by atoms with Gasteiger partial charge in [-0.3, -0.25) is 4.90 Å². The highest BCUT2D eigenvalue weighted by atomic mass is 19.1. The van der Waals surface area contributed by atoms with Crippen LogP contribution in [0.4, 0.5) is 4.39 Å². The van der Waals surface area contributed by atoms with Crippen LogP contribution in [-0.4, -0.2) is 40.3 Å². The highest BCUT2D eigenvalue weighted by Crippen LogP contribution is 2.19. The smallest absolute Gasteiger partial charge is 0.247 e. The first-order valence-corrected chi connectivity index (χ1v) is 7.17. The quantitative estimate of drug-likeness (QED) is 0.937. The van der Waals surface area contributed by atoms with Gasteiger partial charge in [0.2, 0.25) is 11.8 Å². The molecule has 2 atom stereocenters. The first-order valence-electron chi connectivity index (χ1n) is 7.17. The van der Waals surface area contributed by atoms with E-state index in [9.17, 15) is 4.39 Å². The zero-order valence-corrected chi connectivity index (χ0v) is 12.2. The van der Waals surface area contributed by atoms with E-state index in [4.69, 9.17) is 4.42 Å². The molecule has 2 unspecified atom stereocenters. The van der Waals surface area contributed by atoms with Gasteiger partial charge in [-0.15, -0.1) is 10.2 Å². The fraction of sp³-hybridized carbons (Fsp3) is 0.467. The summed E-state index contributed by atoms with van der Waals surface area (Å²) >= 11 is 0. The minimum Gasteiger partial charge on any atom is -0.419 e. The van der Waals surface area contributed by atoms with E-state index in [1.54, 1.807) is 12.1 Å². The molecule has 112 valence electrons. The van der Waals surface area contributed by atoms with Crippen LogP contribution in [0.15, 0.2) is 28.7 Å². The Bertz CT molecular complexity index is 588. The molecule has 6 heteroatoms. The Labute approximate surface area is 123 Å². The largest absolute Gasteiger partial charge is 0.419 e. The van der Waals surface area contributed by atoms with Gasteiger partial charge in [0.15, 0.2) is 0 Å². The van der Waals surface area contributed by atoms with Crippen molar-refractivity contribution >= 4 is 0 Å². The molecule has 2 aromatic rings. The zero-order chi connectivity index (χ0) is 14.8. The molecule has 0 aliphatic carbocycles. The van der Waals surface area contributed by atoms with Crippen LogP contribution in [0.1, 0.15) is 19.7 Å². The van der Waals surface area contributed by atoms with Crippen molar-refractivity contribution in [1.82, 2.24) is 20.4 Å². The molecule has 1 aromatic carbocycles. The summed E-state index contributed by atoms with van der Waals surface area (Å²) in [6.07, 6.45) is 0. The van der Waals surface area contributed by atoms with Crippen LogP contribution < -0.4 is 5.32 Å². The van der Waals surface area contributed by atoms with Crippen LogP contribution in [0.3, 0.4) is 0 Å². The van der Waals surface area contributed by atoms with Crippen molar-refractivity contribution in [2.45, 2.75) is 32.5 Å². The van der Waals surface area contributed by atoms with Crippen molar-refractivity contribution in [3.05, 3.63) is 36.0 Å². The van der Waals surface area contributed by atoms with E-state index in [1.165, 1.54) is 12.1 Å². The van der Waals surface area contributed by atoms with E-state index in [0.29, 0.717) is 30.4 Å². The number of aromatic nitrogens is 2. The lowest BCUT2D eigenvalue weighted by molar-refractivity contribution is 0.154. The highest BCUT2D eigenvalue weighted by molar-refractivity contribution is 5.51. The Morgan fingerprint density at radius 2 is 1.86 bits per heavy atom. The Kier molecular flexibility index (Phi) is 3.98. The fourth-order valence-corrected chi connectivity index (χ4v) is 2.79. The van der Waals surface area contributed by atoms with E-state index in [0.717, 1.165) is 18.7 Å². The second kappa shape index (κ2) is 5.91. The average molecular weight is 290 g/mol. The van der Waals surface area contributed by atoms with Gasteiger partial charge in [-0.2, -0.15) is 0 Å². The lowest BCUT2D eigenvalue weighted by atomic mass is 10.1. The maximum absolute atomic E-state index is 12.9. The van der Waals surface area contributed by atoms with Gasteiger partial charge in [0.05, 0.1) is 6.54 Å². The third-order valence-corrected chi connectivity index (χ3v) is 3.55. The summed E-state index contributed by atoms with van der Waals surface area (Å²) in [7, 11) is 0. The molecule has 1 fully saturated rings. The van der Waals surface area contributed by atoms with Crippen LogP contribution >= 0.6 is 0 Å². The molecule has 1 aromatic heterocycles. The molecule has 2 heterocycles. The number of nitrogens with one attached hydrogen (secondary N) is 1. The molecule has 0 bridgehead atoms. The second-order valence-corrected chi connectivity index (χ2v) is 5.67. The van der Waals surface area contributed by atoms with Crippen LogP contribution in [0.2, 0.25) is 0 Å². The van der Waals surface area contributed by atoms with Gasteiger partial charge < -0.3 is 9.73 Å². The number of benzene rings is 1. The molecule has 1 N–H and O–H groups in total. The third-order valence-electron chi connectivity index (χ3n) is 3.55. The summed E-state index contributed by atoms with van der Waals surface area (Å²) in [6, 6.07) is 6.96. The van der Waals surface area contributed by atoms with Crippen molar-refractivity contribution in [1.29, 1.82) is 0 Å². The summed E-state index contributed by atoms with van der Waals surface area (Å²) in [5, 5.41) is 11.6. The molecule has 5 nitrogen and oxygen atoms in total. The summed E-state index contributed by atoms with van der Waals surface area (Å²) in [4.78, 5) is 2.30. The maximum atomic E-state index is 12.9. The van der Waals surface area contributed by atoms with E-state index in [1.807, 2.05) is 0 Å². The Morgan fingerprint density at radius 3 is 2.52 bits per heavy atom. The highest BCUT2D eigenvalue weighted by Gasteiger charge is 2.22. The maximum Gasteiger partial charge on any atom is 0.247 e. The normalized spacial score (nSPS) is 23.4. The van der Waals surface area contributed by atoms with E-state index >= 15 is 0 Å². The van der Waals surface area contributed by atoms with Crippen LogP contribution in [0, 0.1) is 5.82 Å². The Morgan fingerprint density at radius 1 is 1.19 bits per heavy atom. The molecule has 1 aliphatic heterocycles. The molecule has 3 rings (SSSR count).